The van der Waals surface area contributed by atoms with Crippen LogP contribution in [0.5, 0.6) is 5.88 Å². The van der Waals surface area contributed by atoms with E-state index in [1.54, 1.807) is 24.2 Å². The lowest BCUT2D eigenvalue weighted by atomic mass is 9.57. The summed E-state index contributed by atoms with van der Waals surface area (Å²) in [5.41, 5.74) is 2.98. The lowest BCUT2D eigenvalue weighted by Gasteiger charge is -2.44. The fourth-order valence-corrected chi connectivity index (χ4v) is 7.00. The smallest absolute Gasteiger partial charge is 0.238 e. The fraction of sp³-hybridized carbons (Fsp3) is 0.344. The van der Waals surface area contributed by atoms with E-state index < -0.39 is 21.3 Å². The van der Waals surface area contributed by atoms with Gasteiger partial charge in [-0.2, -0.15) is 0 Å². The fourth-order valence-electron chi connectivity index (χ4n) is 6.33. The summed E-state index contributed by atoms with van der Waals surface area (Å²) in [6.45, 7) is 4.80. The van der Waals surface area contributed by atoms with Gasteiger partial charge in [-0.25, -0.2) is 17.8 Å². The van der Waals surface area contributed by atoms with Crippen LogP contribution in [0.25, 0.3) is 22.0 Å². The number of ether oxygens (including phenoxy) is 1. The van der Waals surface area contributed by atoms with E-state index in [1.165, 1.54) is 18.3 Å². The van der Waals surface area contributed by atoms with Crippen molar-refractivity contribution in [2.75, 3.05) is 36.1 Å². The molecule has 1 fully saturated rings. The zero-order valence-corrected chi connectivity index (χ0v) is 26.4. The summed E-state index contributed by atoms with van der Waals surface area (Å²) in [5.74, 6) is -0.294. The standard InChI is InChI=1S/C32H33ClFN5O4S/c1-18(2)35-9-10-43-30-27(38-44(4,41)42)11-20(16-37-30)23-12-24-26(13-25(23)34)36-17-28-29(24)32(31(40)39(28)3)14-21(15-32)19-5-7-22(33)8-6-19/h5-8,11-13,16-18,21,35,38H,9-10,14-15H2,1-4H3/t21-,32-. The summed E-state index contributed by atoms with van der Waals surface area (Å²) in [6, 6.07) is 12.5. The van der Waals surface area contributed by atoms with Crippen molar-refractivity contribution in [3.8, 4) is 17.0 Å². The average Bonchev–Trinajstić information content (AvgIpc) is 3.17. The van der Waals surface area contributed by atoms with Crippen molar-refractivity contribution in [3.05, 3.63) is 76.8 Å². The first kappa shape index (κ1) is 30.2. The number of rotatable bonds is 9. The number of carbonyl (C=O) groups is 1. The number of pyridine rings is 2. The van der Waals surface area contributed by atoms with Crippen LogP contribution in [0.1, 0.15) is 43.7 Å². The molecule has 230 valence electrons. The Labute approximate surface area is 260 Å². The van der Waals surface area contributed by atoms with Gasteiger partial charge in [-0.1, -0.05) is 37.6 Å². The van der Waals surface area contributed by atoms with Gasteiger partial charge in [0.15, 0.2) is 0 Å². The molecular weight excluding hydrogens is 605 g/mol. The minimum absolute atomic E-state index is 0.00680. The van der Waals surface area contributed by atoms with Crippen LogP contribution in [0, 0.1) is 5.82 Å². The molecule has 1 spiro atoms. The first-order chi connectivity index (χ1) is 20.9. The van der Waals surface area contributed by atoms with Crippen molar-refractivity contribution in [2.45, 2.75) is 44.1 Å². The van der Waals surface area contributed by atoms with Crippen LogP contribution in [-0.2, 0) is 20.2 Å². The number of hydrogen-bond acceptors (Lipinski definition) is 7. The van der Waals surface area contributed by atoms with Crippen LogP contribution in [-0.4, -0.2) is 56.8 Å². The average molecular weight is 638 g/mol. The highest BCUT2D eigenvalue weighted by atomic mass is 35.5. The molecule has 44 heavy (non-hydrogen) atoms. The molecule has 1 amide bonds. The van der Waals surface area contributed by atoms with Gasteiger partial charge in [0.2, 0.25) is 21.8 Å². The summed E-state index contributed by atoms with van der Waals surface area (Å²) >= 11 is 6.09. The van der Waals surface area contributed by atoms with Crippen molar-refractivity contribution >= 4 is 49.8 Å². The Morgan fingerprint density at radius 1 is 1.14 bits per heavy atom. The Morgan fingerprint density at radius 2 is 1.86 bits per heavy atom. The molecule has 6 rings (SSSR count). The van der Waals surface area contributed by atoms with Gasteiger partial charge >= 0.3 is 0 Å². The Balaban J connectivity index is 1.40. The molecular formula is C32H33ClFN5O4S. The second-order valence-corrected chi connectivity index (χ2v) is 14.1. The maximum Gasteiger partial charge on any atom is 0.238 e. The van der Waals surface area contributed by atoms with E-state index in [2.05, 4.69) is 20.0 Å². The molecule has 0 bridgehead atoms. The highest BCUT2D eigenvalue weighted by Crippen LogP contribution is 2.60. The van der Waals surface area contributed by atoms with Gasteiger partial charge < -0.3 is 15.0 Å². The molecule has 4 aromatic rings. The normalized spacial score (nSPS) is 19.5. The number of halogens is 2. The number of nitrogens with zero attached hydrogens (tertiary/aromatic N) is 3. The third kappa shape index (κ3) is 5.48. The van der Waals surface area contributed by atoms with Crippen molar-refractivity contribution in [2.24, 2.45) is 0 Å². The van der Waals surface area contributed by atoms with Crippen LogP contribution in [0.15, 0.2) is 54.9 Å². The number of likely N-dealkylation sites (N-methyl/N-ethyl adjacent to an activating group) is 1. The molecule has 0 atom stereocenters. The zero-order valence-electron chi connectivity index (χ0n) is 24.8. The molecule has 12 heteroatoms. The molecule has 2 aromatic heterocycles. The Hall–Kier alpha value is -3.80. The van der Waals surface area contributed by atoms with Gasteiger partial charge in [0.1, 0.15) is 18.1 Å². The summed E-state index contributed by atoms with van der Waals surface area (Å²) in [7, 11) is -1.95. The number of amides is 1. The van der Waals surface area contributed by atoms with Crippen LogP contribution >= 0.6 is 11.6 Å². The lowest BCUT2D eigenvalue weighted by molar-refractivity contribution is -0.126. The van der Waals surface area contributed by atoms with E-state index in [0.29, 0.717) is 46.6 Å². The zero-order chi connectivity index (χ0) is 31.4. The summed E-state index contributed by atoms with van der Waals surface area (Å²) in [5, 5.41) is 4.55. The number of benzene rings is 2. The van der Waals surface area contributed by atoms with E-state index >= 15 is 4.39 Å². The first-order valence-electron chi connectivity index (χ1n) is 14.4. The summed E-state index contributed by atoms with van der Waals surface area (Å²) in [4.78, 5) is 24.2. The highest BCUT2D eigenvalue weighted by molar-refractivity contribution is 7.92. The largest absolute Gasteiger partial charge is 0.475 e. The van der Waals surface area contributed by atoms with Crippen molar-refractivity contribution in [1.82, 2.24) is 15.3 Å². The van der Waals surface area contributed by atoms with Crippen LogP contribution in [0.2, 0.25) is 5.02 Å². The van der Waals surface area contributed by atoms with E-state index in [0.717, 1.165) is 17.4 Å². The van der Waals surface area contributed by atoms with E-state index in [-0.39, 0.29) is 41.6 Å². The second-order valence-electron chi connectivity index (χ2n) is 11.9. The van der Waals surface area contributed by atoms with Crippen molar-refractivity contribution in [1.29, 1.82) is 0 Å². The number of aromatic nitrogens is 2. The monoisotopic (exact) mass is 637 g/mol. The summed E-state index contributed by atoms with van der Waals surface area (Å²) < 4.78 is 48.2. The molecule has 0 unspecified atom stereocenters. The number of hydrogen-bond donors (Lipinski definition) is 2. The van der Waals surface area contributed by atoms with Gasteiger partial charge in [-0.3, -0.25) is 14.5 Å². The predicted molar refractivity (Wildman–Crippen MR) is 171 cm³/mol. The number of carbonyl (C=O) groups excluding carboxylic acids is 1. The topological polar surface area (TPSA) is 114 Å². The molecule has 1 aliphatic carbocycles. The Morgan fingerprint density at radius 3 is 2.55 bits per heavy atom. The highest BCUT2D eigenvalue weighted by Gasteiger charge is 2.58. The van der Waals surface area contributed by atoms with E-state index in [4.69, 9.17) is 16.3 Å². The minimum Gasteiger partial charge on any atom is -0.475 e. The predicted octanol–water partition coefficient (Wildman–Crippen LogP) is 5.63. The molecule has 0 saturated heterocycles. The molecule has 9 nitrogen and oxygen atoms in total. The van der Waals surface area contributed by atoms with Gasteiger partial charge in [0.05, 0.1) is 29.1 Å². The molecule has 3 heterocycles. The third-order valence-corrected chi connectivity index (χ3v) is 9.22. The van der Waals surface area contributed by atoms with Crippen LogP contribution in [0.3, 0.4) is 0 Å². The maximum atomic E-state index is 15.7. The lowest BCUT2D eigenvalue weighted by Crippen LogP contribution is -2.47. The quantitative estimate of drug-likeness (QED) is 0.229. The van der Waals surface area contributed by atoms with Gasteiger partial charge in [-0.15, -0.1) is 0 Å². The van der Waals surface area contributed by atoms with Gasteiger partial charge in [0, 0.05) is 59.0 Å². The van der Waals surface area contributed by atoms with E-state index in [1.807, 2.05) is 38.1 Å². The first-order valence-corrected chi connectivity index (χ1v) is 16.6. The summed E-state index contributed by atoms with van der Waals surface area (Å²) in [6.07, 6.45) is 5.33. The number of fused-ring (bicyclic) bond motifs is 4. The maximum absolute atomic E-state index is 15.7. The SMILES string of the molecule is CC(C)NCCOc1ncc(-c2cc3c(cc2F)ncc2c3[C@]3(C[C@@H](c4ccc(Cl)cc4)C3)C(=O)N2C)cc1NS(C)(=O)=O. The number of nitrogens with one attached hydrogen (secondary N) is 2. The van der Waals surface area contributed by atoms with Crippen LogP contribution < -0.4 is 19.7 Å². The molecule has 2 aliphatic rings. The molecule has 2 aromatic carbocycles. The van der Waals surface area contributed by atoms with Gasteiger partial charge in [-0.05, 0) is 48.6 Å². The van der Waals surface area contributed by atoms with Gasteiger partial charge in [0.25, 0.3) is 0 Å². The van der Waals surface area contributed by atoms with Crippen molar-refractivity contribution in [3.63, 3.8) is 0 Å². The molecule has 1 aliphatic heterocycles. The Bertz CT molecular complexity index is 1880. The van der Waals surface area contributed by atoms with E-state index in [9.17, 15) is 13.2 Å². The third-order valence-electron chi connectivity index (χ3n) is 8.37. The molecule has 0 radical (unpaired) electrons. The Kier molecular flexibility index (Phi) is 7.75. The minimum atomic E-state index is -3.69. The van der Waals surface area contributed by atoms with Crippen molar-refractivity contribution < 1.29 is 22.3 Å². The number of sulfonamides is 1. The van der Waals surface area contributed by atoms with Crippen LogP contribution in [0.4, 0.5) is 15.8 Å². The number of anilines is 2. The molecule has 1 saturated carbocycles. The molecule has 2 N–H and O–H groups in total. The second kappa shape index (κ2) is 11.3.